The van der Waals surface area contributed by atoms with Crippen molar-refractivity contribution in [3.05, 3.63) is 64.7 Å². The first-order valence-electron chi connectivity index (χ1n) is 9.84. The number of rotatable bonds is 9. The molecular weight excluding hydrogens is 388 g/mol. The minimum absolute atomic E-state index is 0.00717. The first-order chi connectivity index (χ1) is 13.8. The Bertz CT molecular complexity index is 821. The molecule has 0 saturated carbocycles. The molecule has 0 heterocycles. The lowest BCUT2D eigenvalue weighted by molar-refractivity contribution is -0.143. The van der Waals surface area contributed by atoms with Gasteiger partial charge in [-0.15, -0.1) is 0 Å². The average Bonchev–Trinajstić information content (AvgIpc) is 2.68. The highest BCUT2D eigenvalue weighted by Gasteiger charge is 2.29. The van der Waals surface area contributed by atoms with Crippen LogP contribution in [0.2, 0.25) is 5.02 Å². The fourth-order valence-corrected chi connectivity index (χ4v) is 3.16. The maximum Gasteiger partial charge on any atom is 0.261 e. The van der Waals surface area contributed by atoms with Crippen molar-refractivity contribution in [2.24, 2.45) is 0 Å². The van der Waals surface area contributed by atoms with E-state index in [0.29, 0.717) is 23.7 Å². The van der Waals surface area contributed by atoms with E-state index in [9.17, 15) is 9.59 Å². The van der Waals surface area contributed by atoms with E-state index in [1.807, 2.05) is 52.0 Å². The number of carbonyl (C=O) groups excluding carboxylic acids is 2. The first-order valence-corrected chi connectivity index (χ1v) is 10.2. The third-order valence-corrected chi connectivity index (χ3v) is 4.79. The Labute approximate surface area is 178 Å². The number of hydrogen-bond acceptors (Lipinski definition) is 3. The summed E-state index contributed by atoms with van der Waals surface area (Å²) in [6.07, 6.45) is 0.502. The lowest BCUT2D eigenvalue weighted by Gasteiger charge is -2.31. The van der Waals surface area contributed by atoms with Crippen LogP contribution in [0.3, 0.4) is 0 Å². The van der Waals surface area contributed by atoms with Gasteiger partial charge < -0.3 is 15.0 Å². The second kappa shape index (κ2) is 10.9. The number of benzene rings is 2. The van der Waals surface area contributed by atoms with Crippen molar-refractivity contribution in [3.63, 3.8) is 0 Å². The maximum atomic E-state index is 13.1. The van der Waals surface area contributed by atoms with Crippen molar-refractivity contribution >= 4 is 23.4 Å². The van der Waals surface area contributed by atoms with Gasteiger partial charge in [-0.2, -0.15) is 0 Å². The van der Waals surface area contributed by atoms with Crippen LogP contribution >= 0.6 is 11.6 Å². The number of nitrogens with one attached hydrogen (secondary N) is 1. The summed E-state index contributed by atoms with van der Waals surface area (Å²) in [5.41, 5.74) is 2.09. The lowest BCUT2D eigenvalue weighted by atomic mass is 10.1. The summed E-state index contributed by atoms with van der Waals surface area (Å²) >= 11 is 6.12. The first kappa shape index (κ1) is 22.8. The number of aryl methyl sites for hydroxylation is 1. The molecule has 0 radical (unpaired) electrons. The van der Waals surface area contributed by atoms with Gasteiger partial charge in [0, 0.05) is 12.6 Å². The van der Waals surface area contributed by atoms with Gasteiger partial charge in [0.05, 0.1) is 5.02 Å². The third kappa shape index (κ3) is 6.79. The Balaban J connectivity index is 2.21. The van der Waals surface area contributed by atoms with E-state index < -0.39 is 6.04 Å². The minimum Gasteiger partial charge on any atom is -0.482 e. The van der Waals surface area contributed by atoms with Crippen LogP contribution in [0.15, 0.2) is 48.5 Å². The fraction of sp³-hybridized carbons (Fsp3) is 0.391. The molecule has 0 aliphatic carbocycles. The summed E-state index contributed by atoms with van der Waals surface area (Å²) in [4.78, 5) is 27.4. The van der Waals surface area contributed by atoms with E-state index >= 15 is 0 Å². The fourth-order valence-electron chi connectivity index (χ4n) is 2.97. The molecule has 29 heavy (non-hydrogen) atoms. The molecule has 0 fully saturated rings. The van der Waals surface area contributed by atoms with Crippen molar-refractivity contribution in [2.45, 2.75) is 52.7 Å². The molecule has 6 heteroatoms. The van der Waals surface area contributed by atoms with Crippen LogP contribution in [-0.4, -0.2) is 35.4 Å². The molecule has 1 N–H and O–H groups in total. The predicted octanol–water partition coefficient (Wildman–Crippen LogP) is 4.36. The summed E-state index contributed by atoms with van der Waals surface area (Å²) in [5, 5.41) is 3.35. The van der Waals surface area contributed by atoms with Gasteiger partial charge in [-0.25, -0.2) is 0 Å². The average molecular weight is 417 g/mol. The zero-order valence-electron chi connectivity index (χ0n) is 17.4. The molecule has 0 aliphatic heterocycles. The predicted molar refractivity (Wildman–Crippen MR) is 116 cm³/mol. The SMILES string of the molecule is CC[C@@H](C(=O)NC(C)C)N(Cc1ccc(C)cc1)C(=O)COc1ccccc1Cl. The van der Waals surface area contributed by atoms with Crippen molar-refractivity contribution < 1.29 is 14.3 Å². The minimum atomic E-state index is -0.582. The van der Waals surface area contributed by atoms with E-state index in [1.165, 1.54) is 0 Å². The number of ether oxygens (including phenoxy) is 1. The van der Waals surface area contributed by atoms with E-state index in [-0.39, 0.29) is 24.5 Å². The molecule has 0 unspecified atom stereocenters. The van der Waals surface area contributed by atoms with Gasteiger partial charge in [-0.1, -0.05) is 60.5 Å². The summed E-state index contributed by atoms with van der Waals surface area (Å²) in [6, 6.07) is 14.3. The van der Waals surface area contributed by atoms with Gasteiger partial charge >= 0.3 is 0 Å². The zero-order chi connectivity index (χ0) is 21.4. The Hall–Kier alpha value is -2.53. The number of hydrogen-bond donors (Lipinski definition) is 1. The van der Waals surface area contributed by atoms with Gasteiger partial charge in [-0.05, 0) is 44.9 Å². The Morgan fingerprint density at radius 1 is 1.10 bits per heavy atom. The highest BCUT2D eigenvalue weighted by Crippen LogP contribution is 2.23. The van der Waals surface area contributed by atoms with E-state index in [4.69, 9.17) is 16.3 Å². The van der Waals surface area contributed by atoms with Crippen LogP contribution in [0, 0.1) is 6.92 Å². The molecule has 0 saturated heterocycles. The topological polar surface area (TPSA) is 58.6 Å². The second-order valence-corrected chi connectivity index (χ2v) is 7.72. The smallest absolute Gasteiger partial charge is 0.261 e. The van der Waals surface area contributed by atoms with E-state index in [1.54, 1.807) is 29.2 Å². The summed E-state index contributed by atoms with van der Waals surface area (Å²) in [6.45, 7) is 7.84. The molecule has 5 nitrogen and oxygen atoms in total. The van der Waals surface area contributed by atoms with Crippen molar-refractivity contribution in [3.8, 4) is 5.75 Å². The van der Waals surface area contributed by atoms with Crippen LogP contribution in [-0.2, 0) is 16.1 Å². The Morgan fingerprint density at radius 3 is 2.34 bits per heavy atom. The summed E-state index contributed by atoms with van der Waals surface area (Å²) < 4.78 is 5.64. The molecule has 0 spiro atoms. The van der Waals surface area contributed by atoms with Gasteiger partial charge in [-0.3, -0.25) is 9.59 Å². The quantitative estimate of drug-likeness (QED) is 0.660. The maximum absolute atomic E-state index is 13.1. The summed E-state index contributed by atoms with van der Waals surface area (Å²) in [7, 11) is 0. The molecule has 2 aromatic rings. The highest BCUT2D eigenvalue weighted by molar-refractivity contribution is 6.32. The van der Waals surface area contributed by atoms with Crippen LogP contribution in [0.1, 0.15) is 38.3 Å². The van der Waals surface area contributed by atoms with Crippen molar-refractivity contribution in [1.82, 2.24) is 10.2 Å². The molecule has 2 rings (SSSR count). The third-order valence-electron chi connectivity index (χ3n) is 4.48. The Morgan fingerprint density at radius 2 is 1.76 bits per heavy atom. The number of amides is 2. The summed E-state index contributed by atoms with van der Waals surface area (Å²) in [5.74, 6) is 0.00874. The van der Waals surface area contributed by atoms with Crippen LogP contribution < -0.4 is 10.1 Å². The van der Waals surface area contributed by atoms with Crippen LogP contribution in [0.5, 0.6) is 5.75 Å². The lowest BCUT2D eigenvalue weighted by Crippen LogP contribution is -2.51. The highest BCUT2D eigenvalue weighted by atomic mass is 35.5. The van der Waals surface area contributed by atoms with Crippen molar-refractivity contribution in [1.29, 1.82) is 0 Å². The molecule has 0 bridgehead atoms. The largest absolute Gasteiger partial charge is 0.482 e. The standard InChI is InChI=1S/C23H29ClN2O3/c1-5-20(23(28)25-16(2)3)26(14-18-12-10-17(4)11-13-18)22(27)15-29-21-9-7-6-8-19(21)24/h6-13,16,20H,5,14-15H2,1-4H3,(H,25,28)/t20-/m0/s1. The van der Waals surface area contributed by atoms with Crippen LogP contribution in [0.4, 0.5) is 0 Å². The van der Waals surface area contributed by atoms with Gasteiger partial charge in [0.2, 0.25) is 5.91 Å². The number of carbonyl (C=O) groups is 2. The monoisotopic (exact) mass is 416 g/mol. The molecular formula is C23H29ClN2O3. The van der Waals surface area contributed by atoms with Gasteiger partial charge in [0.15, 0.2) is 6.61 Å². The van der Waals surface area contributed by atoms with Gasteiger partial charge in [0.1, 0.15) is 11.8 Å². The van der Waals surface area contributed by atoms with E-state index in [2.05, 4.69) is 5.32 Å². The molecule has 156 valence electrons. The van der Waals surface area contributed by atoms with Crippen molar-refractivity contribution in [2.75, 3.05) is 6.61 Å². The zero-order valence-corrected chi connectivity index (χ0v) is 18.2. The Kier molecular flexibility index (Phi) is 8.52. The molecule has 2 amide bonds. The molecule has 0 aromatic heterocycles. The van der Waals surface area contributed by atoms with E-state index in [0.717, 1.165) is 11.1 Å². The number of halogens is 1. The molecule has 0 aliphatic rings. The molecule has 2 aromatic carbocycles. The normalized spacial score (nSPS) is 11.8. The second-order valence-electron chi connectivity index (χ2n) is 7.31. The van der Waals surface area contributed by atoms with Crippen LogP contribution in [0.25, 0.3) is 0 Å². The molecule has 1 atom stereocenters. The van der Waals surface area contributed by atoms with Gasteiger partial charge in [0.25, 0.3) is 5.91 Å². The number of nitrogens with zero attached hydrogens (tertiary/aromatic N) is 1. The number of para-hydroxylation sites is 1.